The first-order chi connectivity index (χ1) is 8.72. The zero-order valence-corrected chi connectivity index (χ0v) is 11.3. The minimum absolute atomic E-state index is 0.867. The lowest BCUT2D eigenvalue weighted by Crippen LogP contribution is -2.14. The molecule has 4 nitrogen and oxygen atoms in total. The maximum Gasteiger partial charge on any atom is 0.153 e. The Morgan fingerprint density at radius 2 is 2.17 bits per heavy atom. The lowest BCUT2D eigenvalue weighted by molar-refractivity contribution is 0.672. The Morgan fingerprint density at radius 1 is 1.33 bits per heavy atom. The second-order valence-electron chi connectivity index (χ2n) is 4.54. The van der Waals surface area contributed by atoms with Gasteiger partial charge < -0.3 is 5.32 Å². The summed E-state index contributed by atoms with van der Waals surface area (Å²) in [5.41, 5.74) is 3.57. The van der Waals surface area contributed by atoms with Crippen LogP contribution in [0.1, 0.15) is 30.2 Å². The Morgan fingerprint density at radius 3 is 2.89 bits per heavy atom. The van der Waals surface area contributed by atoms with E-state index >= 15 is 0 Å². The van der Waals surface area contributed by atoms with Gasteiger partial charge in [-0.15, -0.1) is 0 Å². The maximum atomic E-state index is 4.42. The largest absolute Gasteiger partial charge is 0.313 e. The van der Waals surface area contributed by atoms with Crippen LogP contribution in [-0.4, -0.2) is 21.3 Å². The Bertz CT molecular complexity index is 516. The van der Waals surface area contributed by atoms with Crippen LogP contribution in [0.3, 0.4) is 0 Å². The summed E-state index contributed by atoms with van der Waals surface area (Å²) in [7, 11) is 0. The van der Waals surface area contributed by atoms with Crippen LogP contribution in [-0.2, 0) is 6.54 Å². The molecule has 0 aromatic carbocycles. The van der Waals surface area contributed by atoms with Gasteiger partial charge >= 0.3 is 0 Å². The first kappa shape index (κ1) is 12.8. The molecule has 0 fully saturated rings. The van der Waals surface area contributed by atoms with Crippen LogP contribution >= 0.6 is 0 Å². The van der Waals surface area contributed by atoms with E-state index in [1.165, 1.54) is 11.1 Å². The minimum Gasteiger partial charge on any atom is -0.313 e. The fourth-order valence-corrected chi connectivity index (χ4v) is 1.88. The molecular weight excluding hydrogens is 224 g/mol. The molecule has 2 heterocycles. The molecule has 0 aliphatic heterocycles. The molecule has 18 heavy (non-hydrogen) atoms. The van der Waals surface area contributed by atoms with Gasteiger partial charge in [-0.25, -0.2) is 9.67 Å². The highest BCUT2D eigenvalue weighted by molar-refractivity contribution is 5.30. The molecule has 0 atom stereocenters. The number of hydrogen-bond donors (Lipinski definition) is 1. The third-order valence-corrected chi connectivity index (χ3v) is 2.97. The molecule has 0 saturated carbocycles. The number of aromatic nitrogens is 3. The first-order valence-corrected chi connectivity index (χ1v) is 6.39. The SMILES string of the molecule is CCCNCc1cnn(-c2cc(C)ccn2)c1C. The lowest BCUT2D eigenvalue weighted by atomic mass is 10.2. The molecule has 0 saturated heterocycles. The van der Waals surface area contributed by atoms with Crippen molar-refractivity contribution < 1.29 is 0 Å². The van der Waals surface area contributed by atoms with Gasteiger partial charge in [0.15, 0.2) is 5.82 Å². The van der Waals surface area contributed by atoms with Gasteiger partial charge in [0.1, 0.15) is 0 Å². The predicted octanol–water partition coefficient (Wildman–Crippen LogP) is 2.38. The van der Waals surface area contributed by atoms with E-state index in [1.807, 2.05) is 29.2 Å². The van der Waals surface area contributed by atoms with Crippen LogP contribution in [0.25, 0.3) is 5.82 Å². The van der Waals surface area contributed by atoms with Crippen molar-refractivity contribution in [1.82, 2.24) is 20.1 Å². The van der Waals surface area contributed by atoms with Crippen molar-refractivity contribution in [2.45, 2.75) is 33.7 Å². The highest BCUT2D eigenvalue weighted by atomic mass is 15.3. The maximum absolute atomic E-state index is 4.42. The van der Waals surface area contributed by atoms with Gasteiger partial charge in [-0.05, 0) is 44.5 Å². The molecule has 1 N–H and O–H groups in total. The fourth-order valence-electron chi connectivity index (χ4n) is 1.88. The van der Waals surface area contributed by atoms with E-state index in [0.29, 0.717) is 0 Å². The Balaban J connectivity index is 2.20. The van der Waals surface area contributed by atoms with Gasteiger partial charge in [0.2, 0.25) is 0 Å². The summed E-state index contributed by atoms with van der Waals surface area (Å²) >= 11 is 0. The zero-order valence-electron chi connectivity index (χ0n) is 11.3. The molecular formula is C14H20N4. The number of nitrogens with zero attached hydrogens (tertiary/aromatic N) is 3. The first-order valence-electron chi connectivity index (χ1n) is 6.39. The predicted molar refractivity (Wildman–Crippen MR) is 72.8 cm³/mol. The third kappa shape index (κ3) is 2.76. The van der Waals surface area contributed by atoms with Gasteiger partial charge in [0, 0.05) is 24.0 Å². The van der Waals surface area contributed by atoms with Crippen molar-refractivity contribution in [3.05, 3.63) is 41.3 Å². The molecule has 0 aliphatic rings. The second kappa shape index (κ2) is 5.78. The van der Waals surface area contributed by atoms with E-state index in [-0.39, 0.29) is 0 Å². The average Bonchev–Trinajstić information content (AvgIpc) is 2.72. The Hall–Kier alpha value is -1.68. The Labute approximate surface area is 108 Å². The topological polar surface area (TPSA) is 42.7 Å². The highest BCUT2D eigenvalue weighted by Crippen LogP contribution is 2.13. The number of hydrogen-bond acceptors (Lipinski definition) is 3. The molecule has 0 spiro atoms. The summed E-state index contributed by atoms with van der Waals surface area (Å²) in [6.45, 7) is 8.21. The van der Waals surface area contributed by atoms with Crippen molar-refractivity contribution in [1.29, 1.82) is 0 Å². The molecule has 0 radical (unpaired) electrons. The molecule has 2 aromatic rings. The molecule has 0 aliphatic carbocycles. The van der Waals surface area contributed by atoms with Crippen molar-refractivity contribution in [2.75, 3.05) is 6.54 Å². The van der Waals surface area contributed by atoms with E-state index in [4.69, 9.17) is 0 Å². The standard InChI is InChI=1S/C14H20N4/c1-4-6-15-9-13-10-17-18(12(13)3)14-8-11(2)5-7-16-14/h5,7-8,10,15H,4,6,9H2,1-3H3. The summed E-state index contributed by atoms with van der Waals surface area (Å²) in [6, 6.07) is 4.04. The minimum atomic E-state index is 0.867. The van der Waals surface area contributed by atoms with Gasteiger partial charge in [0.25, 0.3) is 0 Å². The smallest absolute Gasteiger partial charge is 0.153 e. The summed E-state index contributed by atoms with van der Waals surface area (Å²) in [5.74, 6) is 0.884. The van der Waals surface area contributed by atoms with Gasteiger partial charge in [-0.3, -0.25) is 0 Å². The number of aryl methyl sites for hydroxylation is 1. The van der Waals surface area contributed by atoms with Crippen LogP contribution in [0.15, 0.2) is 24.5 Å². The molecule has 0 bridgehead atoms. The summed E-state index contributed by atoms with van der Waals surface area (Å²) in [4.78, 5) is 4.36. The van der Waals surface area contributed by atoms with Gasteiger partial charge in [-0.2, -0.15) is 5.10 Å². The Kier molecular flexibility index (Phi) is 4.10. The van der Waals surface area contributed by atoms with Crippen LogP contribution in [0.2, 0.25) is 0 Å². The quantitative estimate of drug-likeness (QED) is 0.821. The van der Waals surface area contributed by atoms with Gasteiger partial charge in [0.05, 0.1) is 6.20 Å². The van der Waals surface area contributed by atoms with E-state index < -0.39 is 0 Å². The number of nitrogens with one attached hydrogen (secondary N) is 1. The van der Waals surface area contributed by atoms with Crippen molar-refractivity contribution in [3.63, 3.8) is 0 Å². The summed E-state index contributed by atoms with van der Waals surface area (Å²) < 4.78 is 1.90. The molecule has 2 rings (SSSR count). The van der Waals surface area contributed by atoms with Crippen LogP contribution in [0.5, 0.6) is 0 Å². The summed E-state index contributed by atoms with van der Waals surface area (Å²) in [5, 5.41) is 7.81. The van der Waals surface area contributed by atoms with Crippen LogP contribution < -0.4 is 5.32 Å². The lowest BCUT2D eigenvalue weighted by Gasteiger charge is -2.06. The highest BCUT2D eigenvalue weighted by Gasteiger charge is 2.08. The van der Waals surface area contributed by atoms with Crippen molar-refractivity contribution in [2.24, 2.45) is 0 Å². The third-order valence-electron chi connectivity index (χ3n) is 2.97. The molecule has 0 unspecified atom stereocenters. The molecule has 2 aromatic heterocycles. The van der Waals surface area contributed by atoms with Crippen molar-refractivity contribution >= 4 is 0 Å². The second-order valence-corrected chi connectivity index (χ2v) is 4.54. The van der Waals surface area contributed by atoms with Crippen LogP contribution in [0.4, 0.5) is 0 Å². The van der Waals surface area contributed by atoms with E-state index in [0.717, 1.165) is 31.0 Å². The molecule has 4 heteroatoms. The monoisotopic (exact) mass is 244 g/mol. The van der Waals surface area contributed by atoms with E-state index in [1.54, 1.807) is 0 Å². The normalized spacial score (nSPS) is 10.8. The van der Waals surface area contributed by atoms with Gasteiger partial charge in [-0.1, -0.05) is 6.92 Å². The van der Waals surface area contributed by atoms with E-state index in [9.17, 15) is 0 Å². The molecule has 96 valence electrons. The average molecular weight is 244 g/mol. The van der Waals surface area contributed by atoms with Crippen molar-refractivity contribution in [3.8, 4) is 5.82 Å². The van der Waals surface area contributed by atoms with Crippen LogP contribution in [0, 0.1) is 13.8 Å². The summed E-state index contributed by atoms with van der Waals surface area (Å²) in [6.07, 6.45) is 4.88. The number of pyridine rings is 1. The van der Waals surface area contributed by atoms with E-state index in [2.05, 4.69) is 36.2 Å². The fraction of sp³-hybridized carbons (Fsp3) is 0.429. The number of rotatable bonds is 5. The molecule has 0 amide bonds. The zero-order chi connectivity index (χ0) is 13.0.